The largest absolute Gasteiger partial charge is 0.486 e. The van der Waals surface area contributed by atoms with E-state index in [-0.39, 0.29) is 24.5 Å². The van der Waals surface area contributed by atoms with E-state index in [0.717, 1.165) is 42.7 Å². The predicted molar refractivity (Wildman–Crippen MR) is 151 cm³/mol. The number of carbonyl (C=O) groups excluding carboxylic acids is 2. The highest BCUT2D eigenvalue weighted by molar-refractivity contribution is 5.91. The Morgan fingerprint density at radius 1 is 1.05 bits per heavy atom. The van der Waals surface area contributed by atoms with Gasteiger partial charge in [-0.15, -0.1) is 6.58 Å². The van der Waals surface area contributed by atoms with Crippen molar-refractivity contribution in [1.29, 1.82) is 0 Å². The highest BCUT2D eigenvalue weighted by atomic mass is 16.5. The summed E-state index contributed by atoms with van der Waals surface area (Å²) >= 11 is 0. The van der Waals surface area contributed by atoms with Gasteiger partial charge in [-0.3, -0.25) is 14.5 Å². The second kappa shape index (κ2) is 11.9. The van der Waals surface area contributed by atoms with Gasteiger partial charge in [0.2, 0.25) is 5.91 Å². The predicted octanol–water partition coefficient (Wildman–Crippen LogP) is 4.99. The van der Waals surface area contributed by atoms with E-state index in [9.17, 15) is 9.59 Å². The van der Waals surface area contributed by atoms with Gasteiger partial charge >= 0.3 is 0 Å². The Kier molecular flexibility index (Phi) is 8.17. The summed E-state index contributed by atoms with van der Waals surface area (Å²) in [6.07, 6.45) is 3.18. The summed E-state index contributed by atoms with van der Waals surface area (Å²) < 4.78 is 12.0. The van der Waals surface area contributed by atoms with Gasteiger partial charge in [0.1, 0.15) is 18.1 Å². The number of nitrogens with zero attached hydrogens (tertiary/aromatic N) is 3. The van der Waals surface area contributed by atoms with Crippen LogP contribution in [0.2, 0.25) is 0 Å². The molecule has 1 fully saturated rings. The van der Waals surface area contributed by atoms with Crippen LogP contribution >= 0.6 is 0 Å². The molecule has 39 heavy (non-hydrogen) atoms. The number of aryl methyl sites for hydroxylation is 1. The van der Waals surface area contributed by atoms with Crippen LogP contribution in [0.15, 0.2) is 71.7 Å². The SMILES string of the molecule is C=CCN1CCN(C(=O)c2ccc(COc3ccc4c(c3)C(c3cccc(C)c3)N(C(=O)CC)CC4)o2)CC1. The molecule has 2 aliphatic heterocycles. The summed E-state index contributed by atoms with van der Waals surface area (Å²) in [5, 5.41) is 0. The second-order valence-corrected chi connectivity index (χ2v) is 10.3. The average Bonchev–Trinajstić information content (AvgIpc) is 3.44. The molecule has 0 radical (unpaired) electrons. The second-order valence-electron chi connectivity index (χ2n) is 10.3. The Hall–Kier alpha value is -3.84. The van der Waals surface area contributed by atoms with E-state index in [4.69, 9.17) is 9.15 Å². The number of piperazine rings is 1. The zero-order chi connectivity index (χ0) is 27.4. The molecule has 2 aromatic carbocycles. The number of benzene rings is 2. The van der Waals surface area contributed by atoms with Gasteiger partial charge < -0.3 is 19.0 Å². The molecule has 1 aromatic heterocycles. The zero-order valence-corrected chi connectivity index (χ0v) is 22.9. The summed E-state index contributed by atoms with van der Waals surface area (Å²) in [7, 11) is 0. The fourth-order valence-corrected chi connectivity index (χ4v) is 5.55. The monoisotopic (exact) mass is 527 g/mol. The maximum absolute atomic E-state index is 12.9. The molecular formula is C32H37N3O4. The van der Waals surface area contributed by atoms with Crippen molar-refractivity contribution in [2.75, 3.05) is 39.3 Å². The molecule has 0 aliphatic carbocycles. The van der Waals surface area contributed by atoms with Crippen LogP contribution in [0.3, 0.4) is 0 Å². The average molecular weight is 528 g/mol. The molecule has 1 unspecified atom stereocenters. The van der Waals surface area contributed by atoms with E-state index in [1.165, 1.54) is 5.56 Å². The Morgan fingerprint density at radius 2 is 1.87 bits per heavy atom. The molecule has 1 saturated heterocycles. The van der Waals surface area contributed by atoms with Gasteiger partial charge in [-0.2, -0.15) is 0 Å². The van der Waals surface area contributed by atoms with Gasteiger partial charge in [-0.1, -0.05) is 48.9 Å². The van der Waals surface area contributed by atoms with E-state index < -0.39 is 0 Å². The molecule has 2 aliphatic rings. The Labute approximate surface area is 230 Å². The van der Waals surface area contributed by atoms with Crippen molar-refractivity contribution in [1.82, 2.24) is 14.7 Å². The fraction of sp³-hybridized carbons (Fsp3) is 0.375. The number of carbonyl (C=O) groups is 2. The maximum atomic E-state index is 12.9. The van der Waals surface area contributed by atoms with Crippen LogP contribution < -0.4 is 4.74 Å². The minimum Gasteiger partial charge on any atom is -0.486 e. The first-order valence-corrected chi connectivity index (χ1v) is 13.8. The van der Waals surface area contributed by atoms with Crippen LogP contribution in [0.5, 0.6) is 5.75 Å². The molecule has 3 aromatic rings. The fourth-order valence-electron chi connectivity index (χ4n) is 5.55. The minimum atomic E-state index is -0.149. The van der Waals surface area contributed by atoms with Crippen LogP contribution in [0.1, 0.15) is 58.0 Å². The quantitative estimate of drug-likeness (QED) is 0.386. The molecule has 1 atom stereocenters. The number of fused-ring (bicyclic) bond motifs is 1. The molecule has 3 heterocycles. The third-order valence-corrected chi connectivity index (χ3v) is 7.63. The number of rotatable bonds is 8. The molecule has 0 bridgehead atoms. The number of furan rings is 1. The number of amides is 2. The Morgan fingerprint density at radius 3 is 2.62 bits per heavy atom. The molecule has 7 heteroatoms. The highest BCUT2D eigenvalue weighted by Crippen LogP contribution is 2.38. The van der Waals surface area contributed by atoms with Crippen molar-refractivity contribution in [3.8, 4) is 5.75 Å². The van der Waals surface area contributed by atoms with Crippen molar-refractivity contribution < 1.29 is 18.7 Å². The zero-order valence-electron chi connectivity index (χ0n) is 22.9. The van der Waals surface area contributed by atoms with Crippen molar-refractivity contribution in [2.24, 2.45) is 0 Å². The van der Waals surface area contributed by atoms with Crippen molar-refractivity contribution in [2.45, 2.75) is 39.3 Å². The van der Waals surface area contributed by atoms with Crippen LogP contribution in [0.4, 0.5) is 0 Å². The molecule has 0 saturated carbocycles. The number of hydrogen-bond donors (Lipinski definition) is 0. The molecule has 204 valence electrons. The van der Waals surface area contributed by atoms with Crippen LogP contribution in [0, 0.1) is 6.92 Å². The smallest absolute Gasteiger partial charge is 0.289 e. The lowest BCUT2D eigenvalue weighted by Crippen LogP contribution is -2.48. The van der Waals surface area contributed by atoms with Gasteiger partial charge in [-0.25, -0.2) is 0 Å². The molecule has 7 nitrogen and oxygen atoms in total. The number of hydrogen-bond acceptors (Lipinski definition) is 5. The topological polar surface area (TPSA) is 66.2 Å². The van der Waals surface area contributed by atoms with Crippen molar-refractivity contribution in [3.63, 3.8) is 0 Å². The molecule has 2 amide bonds. The third-order valence-electron chi connectivity index (χ3n) is 7.63. The molecule has 0 N–H and O–H groups in total. The standard InChI is InChI=1S/C32H37N3O4/c1-4-14-33-16-18-34(19-17-33)32(37)29-12-11-27(39-29)22-38-26-10-9-24-13-15-35(30(36)5-2)31(28(24)21-26)25-8-6-7-23(3)20-25/h4,6-12,20-21,31H,1,5,13-19,22H2,2-3H3. The molecular weight excluding hydrogens is 490 g/mol. The van der Waals surface area contributed by atoms with Gasteiger partial charge in [0.05, 0.1) is 6.04 Å². The summed E-state index contributed by atoms with van der Waals surface area (Å²) in [4.78, 5) is 31.9. The Bertz CT molecular complexity index is 1340. The van der Waals surface area contributed by atoms with Gasteiger partial charge in [0, 0.05) is 45.7 Å². The van der Waals surface area contributed by atoms with Crippen LogP contribution in [-0.4, -0.2) is 65.8 Å². The van der Waals surface area contributed by atoms with Crippen LogP contribution in [-0.2, 0) is 17.8 Å². The van der Waals surface area contributed by atoms with E-state index in [1.54, 1.807) is 12.1 Å². The van der Waals surface area contributed by atoms with Gasteiger partial charge in [-0.05, 0) is 54.3 Å². The molecule has 5 rings (SSSR count). The Balaban J connectivity index is 1.29. The maximum Gasteiger partial charge on any atom is 0.289 e. The summed E-state index contributed by atoms with van der Waals surface area (Å²) in [5.74, 6) is 1.70. The van der Waals surface area contributed by atoms with E-state index in [1.807, 2.05) is 34.9 Å². The molecule has 0 spiro atoms. The lowest BCUT2D eigenvalue weighted by molar-refractivity contribution is -0.132. The van der Waals surface area contributed by atoms with Gasteiger partial charge in [0.15, 0.2) is 5.76 Å². The van der Waals surface area contributed by atoms with E-state index >= 15 is 0 Å². The van der Waals surface area contributed by atoms with Crippen molar-refractivity contribution >= 4 is 11.8 Å². The highest BCUT2D eigenvalue weighted by Gasteiger charge is 2.32. The van der Waals surface area contributed by atoms with Crippen LogP contribution in [0.25, 0.3) is 0 Å². The minimum absolute atomic E-state index is 0.0880. The van der Waals surface area contributed by atoms with E-state index in [2.05, 4.69) is 48.7 Å². The van der Waals surface area contributed by atoms with Crippen molar-refractivity contribution in [3.05, 3.63) is 101 Å². The third kappa shape index (κ3) is 5.93. The summed E-state index contributed by atoms with van der Waals surface area (Å²) in [6.45, 7) is 12.5. The van der Waals surface area contributed by atoms with Gasteiger partial charge in [0.25, 0.3) is 5.91 Å². The number of ether oxygens (including phenoxy) is 1. The lowest BCUT2D eigenvalue weighted by Gasteiger charge is -2.38. The van der Waals surface area contributed by atoms with E-state index in [0.29, 0.717) is 43.3 Å². The first-order chi connectivity index (χ1) is 19.0. The lowest BCUT2D eigenvalue weighted by atomic mass is 9.87. The normalized spacial score (nSPS) is 17.5. The first-order valence-electron chi connectivity index (χ1n) is 13.8. The summed E-state index contributed by atoms with van der Waals surface area (Å²) in [6, 6.07) is 17.9. The first kappa shape index (κ1) is 26.8. The summed E-state index contributed by atoms with van der Waals surface area (Å²) in [5.41, 5.74) is 4.59.